The number of carbonyl (C=O) groups excluding carboxylic acids is 1. The standard InChI is InChI=1S/C28H28F3N3O4/c1-16-7-12-23-24(17(16)2)25(35)34(14-18-8-10-19(11-9-18)26(36)38-3)27(37)33(23)15-20-5-4-6-22(21(20)13-32)28(29,30)31/h4-7,12,18-19H,8-11,14-15H2,1-3H3/t18-,19-. The molecule has 2 aromatic carbocycles. The molecule has 0 spiro atoms. The van der Waals surface area contributed by atoms with Gasteiger partial charge in [0, 0.05) is 6.54 Å². The summed E-state index contributed by atoms with van der Waals surface area (Å²) < 4.78 is 48.0. The van der Waals surface area contributed by atoms with E-state index < -0.39 is 28.6 Å². The van der Waals surface area contributed by atoms with Gasteiger partial charge in [-0.1, -0.05) is 18.2 Å². The van der Waals surface area contributed by atoms with E-state index >= 15 is 0 Å². The number of hydrogen-bond donors (Lipinski definition) is 0. The Bertz CT molecular complexity index is 1560. The number of alkyl halides is 3. The number of methoxy groups -OCH3 is 1. The second-order valence-corrected chi connectivity index (χ2v) is 9.88. The van der Waals surface area contributed by atoms with Crippen LogP contribution in [0.1, 0.15) is 53.5 Å². The molecule has 1 saturated carbocycles. The lowest BCUT2D eigenvalue weighted by molar-refractivity contribution is -0.146. The number of hydrogen-bond acceptors (Lipinski definition) is 5. The molecule has 0 saturated heterocycles. The lowest BCUT2D eigenvalue weighted by Crippen LogP contribution is -2.42. The van der Waals surface area contributed by atoms with Gasteiger partial charge in [-0.2, -0.15) is 18.4 Å². The number of aryl methyl sites for hydroxylation is 2. The normalized spacial score (nSPS) is 17.8. The van der Waals surface area contributed by atoms with E-state index in [0.717, 1.165) is 16.2 Å². The van der Waals surface area contributed by atoms with E-state index in [2.05, 4.69) is 0 Å². The van der Waals surface area contributed by atoms with Crippen LogP contribution < -0.4 is 11.2 Å². The molecule has 0 amide bonds. The Morgan fingerprint density at radius 3 is 2.37 bits per heavy atom. The Morgan fingerprint density at radius 2 is 1.76 bits per heavy atom. The smallest absolute Gasteiger partial charge is 0.417 e. The van der Waals surface area contributed by atoms with E-state index in [0.29, 0.717) is 42.1 Å². The molecule has 0 aliphatic heterocycles. The van der Waals surface area contributed by atoms with Gasteiger partial charge in [0.1, 0.15) is 6.07 Å². The van der Waals surface area contributed by atoms with E-state index in [1.54, 1.807) is 25.1 Å². The first-order valence-corrected chi connectivity index (χ1v) is 12.4. The molecule has 0 N–H and O–H groups in total. The van der Waals surface area contributed by atoms with Crippen LogP contribution in [-0.2, 0) is 28.8 Å². The van der Waals surface area contributed by atoms with E-state index in [9.17, 15) is 32.8 Å². The Morgan fingerprint density at radius 1 is 1.08 bits per heavy atom. The Kier molecular flexibility index (Phi) is 7.49. The predicted molar refractivity (Wildman–Crippen MR) is 135 cm³/mol. The number of carbonyl (C=O) groups is 1. The fourth-order valence-electron chi connectivity index (χ4n) is 5.36. The molecule has 4 rings (SSSR count). The van der Waals surface area contributed by atoms with Gasteiger partial charge in [0.2, 0.25) is 0 Å². The van der Waals surface area contributed by atoms with Crippen molar-refractivity contribution in [3.8, 4) is 6.07 Å². The van der Waals surface area contributed by atoms with Crippen LogP contribution in [0.5, 0.6) is 0 Å². The van der Waals surface area contributed by atoms with Crippen molar-refractivity contribution in [2.45, 2.75) is 58.8 Å². The van der Waals surface area contributed by atoms with Crippen LogP contribution in [-0.4, -0.2) is 22.2 Å². The van der Waals surface area contributed by atoms with Gasteiger partial charge >= 0.3 is 17.8 Å². The van der Waals surface area contributed by atoms with Crippen LogP contribution in [0.3, 0.4) is 0 Å². The van der Waals surface area contributed by atoms with Gasteiger partial charge in [0.05, 0.1) is 41.6 Å². The second-order valence-electron chi connectivity index (χ2n) is 9.88. The molecular weight excluding hydrogens is 499 g/mol. The van der Waals surface area contributed by atoms with Gasteiger partial charge in [-0.15, -0.1) is 0 Å². The molecule has 7 nitrogen and oxygen atoms in total. The van der Waals surface area contributed by atoms with Crippen LogP contribution in [0.15, 0.2) is 39.9 Å². The van der Waals surface area contributed by atoms with Crippen LogP contribution in [0.4, 0.5) is 13.2 Å². The molecule has 38 heavy (non-hydrogen) atoms. The molecule has 0 atom stereocenters. The molecule has 0 unspecified atom stereocenters. The number of nitriles is 1. The molecule has 200 valence electrons. The Hall–Kier alpha value is -3.87. The first-order chi connectivity index (χ1) is 18.0. The second kappa shape index (κ2) is 10.5. The van der Waals surface area contributed by atoms with E-state index in [4.69, 9.17) is 4.74 Å². The number of aromatic nitrogens is 2. The molecule has 1 aliphatic rings. The van der Waals surface area contributed by atoms with Gasteiger partial charge in [-0.05, 0) is 74.3 Å². The maximum Gasteiger partial charge on any atom is 0.417 e. The van der Waals surface area contributed by atoms with Gasteiger partial charge < -0.3 is 4.74 Å². The minimum atomic E-state index is -4.73. The van der Waals surface area contributed by atoms with E-state index in [1.165, 1.54) is 23.8 Å². The van der Waals surface area contributed by atoms with Gasteiger partial charge in [0.25, 0.3) is 5.56 Å². The third-order valence-corrected chi connectivity index (χ3v) is 7.64. The zero-order valence-electron chi connectivity index (χ0n) is 21.4. The molecule has 1 aliphatic carbocycles. The molecule has 1 aromatic heterocycles. The summed E-state index contributed by atoms with van der Waals surface area (Å²) in [4.78, 5) is 39.2. The average molecular weight is 528 g/mol. The number of esters is 1. The summed E-state index contributed by atoms with van der Waals surface area (Å²) in [5.41, 5.74) is -0.886. The van der Waals surface area contributed by atoms with Crippen molar-refractivity contribution < 1.29 is 22.7 Å². The van der Waals surface area contributed by atoms with Gasteiger partial charge in [-0.3, -0.25) is 18.7 Å². The number of fused-ring (bicyclic) bond motifs is 1. The Balaban J connectivity index is 1.83. The number of ether oxygens (including phenoxy) is 1. The highest BCUT2D eigenvalue weighted by molar-refractivity contribution is 5.83. The van der Waals surface area contributed by atoms with Crippen LogP contribution >= 0.6 is 0 Å². The van der Waals surface area contributed by atoms with Gasteiger partial charge in [-0.25, -0.2) is 4.79 Å². The maximum atomic E-state index is 13.7. The summed E-state index contributed by atoms with van der Waals surface area (Å²) in [5.74, 6) is -0.508. The number of benzene rings is 2. The molecular formula is C28H28F3N3O4. The highest BCUT2D eigenvalue weighted by Gasteiger charge is 2.34. The van der Waals surface area contributed by atoms with Crippen molar-refractivity contribution in [2.24, 2.45) is 11.8 Å². The molecule has 0 radical (unpaired) electrons. The lowest BCUT2D eigenvalue weighted by Gasteiger charge is -2.27. The number of nitrogens with zero attached hydrogens (tertiary/aromatic N) is 3. The van der Waals surface area contributed by atoms with Crippen molar-refractivity contribution in [3.63, 3.8) is 0 Å². The monoisotopic (exact) mass is 527 g/mol. The first kappa shape index (κ1) is 27.2. The van der Waals surface area contributed by atoms with Crippen molar-refractivity contribution in [3.05, 3.63) is 79.0 Å². The highest BCUT2D eigenvalue weighted by Crippen LogP contribution is 2.34. The zero-order valence-corrected chi connectivity index (χ0v) is 21.4. The summed E-state index contributed by atoms with van der Waals surface area (Å²) in [6.45, 7) is 3.43. The number of rotatable bonds is 5. The predicted octanol–water partition coefficient (Wildman–Crippen LogP) is 4.70. The van der Waals surface area contributed by atoms with E-state index in [-0.39, 0.29) is 36.5 Å². The fourth-order valence-corrected chi connectivity index (χ4v) is 5.36. The minimum Gasteiger partial charge on any atom is -0.469 e. The largest absolute Gasteiger partial charge is 0.469 e. The van der Waals surface area contributed by atoms with Crippen LogP contribution in [0, 0.1) is 37.0 Å². The summed E-state index contributed by atoms with van der Waals surface area (Å²) in [7, 11) is 1.35. The molecule has 0 bridgehead atoms. The third kappa shape index (κ3) is 4.97. The highest BCUT2D eigenvalue weighted by atomic mass is 19.4. The average Bonchev–Trinajstić information content (AvgIpc) is 2.89. The van der Waals surface area contributed by atoms with Crippen molar-refractivity contribution >= 4 is 16.9 Å². The lowest BCUT2D eigenvalue weighted by atomic mass is 9.82. The van der Waals surface area contributed by atoms with E-state index in [1.807, 2.05) is 6.92 Å². The zero-order chi connectivity index (χ0) is 27.8. The summed E-state index contributed by atoms with van der Waals surface area (Å²) in [6, 6.07) is 8.44. The molecule has 3 aromatic rings. The van der Waals surface area contributed by atoms with Crippen molar-refractivity contribution in [2.75, 3.05) is 7.11 Å². The molecule has 10 heteroatoms. The fraction of sp³-hybridized carbons (Fsp3) is 0.429. The molecule has 1 fully saturated rings. The maximum absolute atomic E-state index is 13.7. The summed E-state index contributed by atoms with van der Waals surface area (Å²) >= 11 is 0. The van der Waals surface area contributed by atoms with Crippen molar-refractivity contribution in [1.82, 2.24) is 9.13 Å². The molecule has 1 heterocycles. The quantitative estimate of drug-likeness (QED) is 0.449. The van der Waals surface area contributed by atoms with Crippen LogP contribution in [0.2, 0.25) is 0 Å². The minimum absolute atomic E-state index is 0.0273. The topological polar surface area (TPSA) is 94.1 Å². The third-order valence-electron chi connectivity index (χ3n) is 7.64. The summed E-state index contributed by atoms with van der Waals surface area (Å²) in [5, 5.41) is 9.89. The number of halogens is 3. The summed E-state index contributed by atoms with van der Waals surface area (Å²) in [6.07, 6.45) is -2.31. The van der Waals surface area contributed by atoms with Crippen LogP contribution in [0.25, 0.3) is 10.9 Å². The SMILES string of the molecule is COC(=O)[C@H]1CC[C@H](Cn2c(=O)c3c(C)c(C)ccc3n(Cc3cccc(C(F)(F)F)c3C#N)c2=O)CC1. The van der Waals surface area contributed by atoms with Gasteiger partial charge in [0.15, 0.2) is 0 Å². The Labute approximate surface area is 217 Å². The first-order valence-electron chi connectivity index (χ1n) is 12.4. The van der Waals surface area contributed by atoms with Crippen molar-refractivity contribution in [1.29, 1.82) is 5.26 Å².